The van der Waals surface area contributed by atoms with Gasteiger partial charge in [-0.25, -0.2) is 4.79 Å². The molecule has 0 aromatic carbocycles. The molecule has 0 unspecified atom stereocenters. The van der Waals surface area contributed by atoms with Gasteiger partial charge >= 0.3 is 6.03 Å². The predicted octanol–water partition coefficient (Wildman–Crippen LogP) is 3.81. The number of allylic oxidation sites excluding steroid dienone is 2. The molecule has 9 atom stereocenters. The van der Waals surface area contributed by atoms with E-state index in [4.69, 9.17) is 0 Å². The summed E-state index contributed by atoms with van der Waals surface area (Å²) in [7, 11) is 7.29. The van der Waals surface area contributed by atoms with Gasteiger partial charge < -0.3 is 50.9 Å². The van der Waals surface area contributed by atoms with Crippen molar-refractivity contribution >= 4 is 65.1 Å². The lowest BCUT2D eigenvalue weighted by molar-refractivity contribution is -0.148. The first-order valence-electron chi connectivity index (χ1n) is 26.6. The largest absolute Gasteiger partial charge is 0.392 e. The van der Waals surface area contributed by atoms with Crippen LogP contribution >= 0.6 is 11.8 Å². The number of nitrogens with one attached hydrogen (secondary N) is 5. The van der Waals surface area contributed by atoms with Gasteiger partial charge in [0.15, 0.2) is 5.37 Å². The molecule has 0 saturated heterocycles. The van der Waals surface area contributed by atoms with Crippen molar-refractivity contribution in [3.63, 3.8) is 0 Å². The van der Waals surface area contributed by atoms with Gasteiger partial charge in [0, 0.05) is 35.2 Å². The van der Waals surface area contributed by atoms with Crippen LogP contribution in [0.4, 0.5) is 4.79 Å². The maximum Gasteiger partial charge on any atom is 0.324 e. The van der Waals surface area contributed by atoms with Gasteiger partial charge in [-0.05, 0) is 101 Å². The Balaban J connectivity index is 6.67. The molecule has 0 aromatic heterocycles. The lowest BCUT2D eigenvalue weighted by Crippen LogP contribution is -2.61. The summed E-state index contributed by atoms with van der Waals surface area (Å²) in [6.07, 6.45) is 4.68. The Morgan fingerprint density at radius 1 is 0.635 bits per heavy atom. The third-order valence-electron chi connectivity index (χ3n) is 13.3. The predicted molar refractivity (Wildman–Crippen MR) is 293 cm³/mol. The minimum Gasteiger partial charge on any atom is -0.392 e. The summed E-state index contributed by atoms with van der Waals surface area (Å²) in [6.45, 7) is 28.0. The minimum atomic E-state index is -1.23. The highest BCUT2D eigenvalue weighted by atomic mass is 32.2. The van der Waals surface area contributed by atoms with Crippen LogP contribution in [0.25, 0.3) is 0 Å². The van der Waals surface area contributed by atoms with Gasteiger partial charge in [-0.3, -0.25) is 43.7 Å². The third-order valence-corrected chi connectivity index (χ3v) is 14.6. The van der Waals surface area contributed by atoms with E-state index in [1.807, 2.05) is 53.7 Å². The van der Waals surface area contributed by atoms with E-state index in [1.54, 1.807) is 34.6 Å². The van der Waals surface area contributed by atoms with Gasteiger partial charge in [-0.15, -0.1) is 11.8 Å². The van der Waals surface area contributed by atoms with Crippen LogP contribution in [-0.2, 0) is 38.4 Å². The number of likely N-dealkylation sites (N-methyl/N-ethyl adjacent to an activating group) is 5. The SMILES string of the molecule is C/C=C/C[C@@H](C)[C@@H](O)CC(=O)N[C@@H](CC)C(=O)N(C)[C@H](SCCCN(CC)CC)C(=O)N(C)[C@H](C(=O)N[C@H](C(=O)N(C)[C@@H](CC(C)C)C(=O)N[C@@H](C)C(=O)NC(=O)N(C)[C@@H](CC(C)C)C(=O)NC)C(C)C)C(C)C. The van der Waals surface area contributed by atoms with Gasteiger partial charge in [-0.2, -0.15) is 0 Å². The topological polar surface area (TPSA) is 250 Å². The van der Waals surface area contributed by atoms with Crippen LogP contribution in [0.3, 0.4) is 0 Å². The second-order valence-electron chi connectivity index (χ2n) is 21.0. The minimum absolute atomic E-state index is 0.0633. The number of amides is 10. The maximum absolute atomic E-state index is 14.8. The Hall–Kier alpha value is -4.76. The highest BCUT2D eigenvalue weighted by Gasteiger charge is 2.41. The van der Waals surface area contributed by atoms with Crippen LogP contribution in [0.1, 0.15) is 135 Å². The van der Waals surface area contributed by atoms with Crippen molar-refractivity contribution in [2.24, 2.45) is 29.6 Å². The first-order valence-corrected chi connectivity index (χ1v) is 27.6. The third kappa shape index (κ3) is 22.6. The zero-order valence-corrected chi connectivity index (χ0v) is 49.3. The molecular weight excluding hydrogens is 969 g/mol. The van der Waals surface area contributed by atoms with E-state index in [0.717, 1.165) is 24.5 Å². The van der Waals surface area contributed by atoms with Crippen molar-refractivity contribution < 1.29 is 48.3 Å². The van der Waals surface area contributed by atoms with Crippen molar-refractivity contribution in [1.82, 2.24) is 51.1 Å². The second kappa shape index (κ2) is 34.7. The van der Waals surface area contributed by atoms with E-state index in [-0.39, 0.29) is 37.0 Å². The fourth-order valence-electron chi connectivity index (χ4n) is 8.35. The summed E-state index contributed by atoms with van der Waals surface area (Å²) in [5, 5.41) is 22.7. The fraction of sp³-hybridized carbons (Fsp3) is 0.792. The van der Waals surface area contributed by atoms with E-state index in [9.17, 15) is 48.3 Å². The summed E-state index contributed by atoms with van der Waals surface area (Å²) < 4.78 is 0. The zero-order valence-electron chi connectivity index (χ0n) is 48.5. The number of imide groups is 1. The quantitative estimate of drug-likeness (QED) is 0.0312. The summed E-state index contributed by atoms with van der Waals surface area (Å²) >= 11 is 1.26. The van der Waals surface area contributed by atoms with Crippen molar-refractivity contribution in [3.05, 3.63) is 12.2 Å². The molecule has 0 aliphatic carbocycles. The number of carbonyl (C=O) groups excluding carboxylic acids is 9. The van der Waals surface area contributed by atoms with Crippen LogP contribution in [0.2, 0.25) is 0 Å². The molecule has 0 spiro atoms. The van der Waals surface area contributed by atoms with Crippen LogP contribution in [-0.4, -0.2) is 191 Å². The lowest BCUT2D eigenvalue weighted by atomic mass is 9.96. The van der Waals surface area contributed by atoms with E-state index in [1.165, 1.54) is 68.6 Å². The molecule has 0 aliphatic heterocycles. The standard InChI is InChI=1S/C53H98N10O10S/c1-20-24-26-36(13)41(64)31-42(65)56-38(21-2)49(70)62(19)52(74-28-25-27-63(22-3)23-4)51(72)61(18)44(35(11)12)48(69)57-43(34(9)10)50(71)59(16)40(30-33(7)8)47(68)55-37(14)45(66)58-53(73)60(17)39(29-32(5)6)46(67)54-15/h20,24,32-41,43-44,52,64H,21-23,25-31H2,1-19H3,(H,54,67)(H,55,68)(H,56,65)(H,57,69)(H,58,66,73)/b24-20+/t36-,37+,38+,39+,40+,41+,43+,44+,52-/m1/s1. The number of urea groups is 1. The van der Waals surface area contributed by atoms with E-state index < -0.39 is 113 Å². The van der Waals surface area contributed by atoms with Gasteiger partial charge in [0.1, 0.15) is 36.3 Å². The van der Waals surface area contributed by atoms with Crippen molar-refractivity contribution in [2.45, 2.75) is 183 Å². The average Bonchev–Trinajstić information content (AvgIpc) is 3.33. The van der Waals surface area contributed by atoms with E-state index >= 15 is 0 Å². The average molecular weight is 1070 g/mol. The molecule has 0 rings (SSSR count). The summed E-state index contributed by atoms with van der Waals surface area (Å²) in [6, 6.07) is -7.30. The Kier molecular flexibility index (Phi) is 32.5. The molecule has 0 heterocycles. The molecular formula is C53H98N10O10S. The molecule has 0 bridgehead atoms. The van der Waals surface area contributed by atoms with Gasteiger partial charge in [0.2, 0.25) is 41.4 Å². The van der Waals surface area contributed by atoms with Gasteiger partial charge in [0.05, 0.1) is 12.5 Å². The van der Waals surface area contributed by atoms with E-state index in [0.29, 0.717) is 25.0 Å². The first kappa shape index (κ1) is 69.2. The number of aliphatic hydroxyl groups excluding tert-OH is 1. The molecule has 426 valence electrons. The van der Waals surface area contributed by atoms with E-state index in [2.05, 4.69) is 45.3 Å². The first-order chi connectivity index (χ1) is 34.5. The molecule has 0 aliphatic rings. The number of rotatable bonds is 33. The van der Waals surface area contributed by atoms with Crippen molar-refractivity contribution in [1.29, 1.82) is 0 Å². The van der Waals surface area contributed by atoms with Crippen molar-refractivity contribution in [3.8, 4) is 0 Å². The maximum atomic E-state index is 14.8. The number of carbonyl (C=O) groups is 9. The van der Waals surface area contributed by atoms with Crippen LogP contribution in [0.5, 0.6) is 0 Å². The summed E-state index contributed by atoms with van der Waals surface area (Å²) in [5.41, 5.74) is 0. The smallest absolute Gasteiger partial charge is 0.324 e. The fourth-order valence-corrected chi connectivity index (χ4v) is 9.50. The van der Waals surface area contributed by atoms with Gasteiger partial charge in [0.25, 0.3) is 5.91 Å². The van der Waals surface area contributed by atoms with Crippen molar-refractivity contribution in [2.75, 3.05) is 60.6 Å². The number of nitrogens with zero attached hydrogens (tertiary/aromatic N) is 5. The molecule has 0 fully saturated rings. The monoisotopic (exact) mass is 1070 g/mol. The molecule has 74 heavy (non-hydrogen) atoms. The van der Waals surface area contributed by atoms with Crippen LogP contribution < -0.4 is 26.6 Å². The summed E-state index contributed by atoms with van der Waals surface area (Å²) in [4.78, 5) is 131. The Morgan fingerprint density at radius 3 is 1.66 bits per heavy atom. The zero-order chi connectivity index (χ0) is 57.3. The highest BCUT2D eigenvalue weighted by molar-refractivity contribution is 8.00. The van der Waals surface area contributed by atoms with Crippen LogP contribution in [0, 0.1) is 29.6 Å². The van der Waals surface area contributed by atoms with Crippen LogP contribution in [0.15, 0.2) is 12.2 Å². The molecule has 10 amide bonds. The molecule has 0 saturated carbocycles. The molecule has 21 heteroatoms. The Bertz CT molecular complexity index is 1850. The molecule has 0 aromatic rings. The number of thioether (sulfide) groups is 1. The molecule has 0 radical (unpaired) electrons. The number of hydrogen-bond acceptors (Lipinski definition) is 12. The number of aliphatic hydroxyl groups is 1. The van der Waals surface area contributed by atoms with Gasteiger partial charge in [-0.1, -0.05) is 95.2 Å². The normalized spacial score (nSPS) is 15.4. The Morgan fingerprint density at radius 2 is 1.19 bits per heavy atom. The molecule has 6 N–H and O–H groups in total. The second-order valence-corrected chi connectivity index (χ2v) is 22.2. The summed E-state index contributed by atoms with van der Waals surface area (Å²) in [5.74, 6) is -5.38. The Labute approximate surface area is 448 Å². The highest BCUT2D eigenvalue weighted by Crippen LogP contribution is 2.24. The molecule has 20 nitrogen and oxygen atoms in total. The number of hydrogen-bond donors (Lipinski definition) is 6. The lowest BCUT2D eigenvalue weighted by Gasteiger charge is -2.38.